The van der Waals surface area contributed by atoms with Gasteiger partial charge in [-0.15, -0.1) is 0 Å². The summed E-state index contributed by atoms with van der Waals surface area (Å²) < 4.78 is 20.9. The van der Waals surface area contributed by atoms with E-state index in [1.165, 1.54) is 10.8 Å². The maximum Gasteiger partial charge on any atom is 0.258 e. The quantitative estimate of drug-likeness (QED) is 0.784. The van der Waals surface area contributed by atoms with E-state index in [9.17, 15) is 9.00 Å². The SMILES string of the molecule is COc1cccc(-c2ccc3c(cnn3C3=CC(=O)NS3=O)c2)n1. The molecule has 1 atom stereocenters. The van der Waals surface area contributed by atoms with E-state index in [2.05, 4.69) is 14.8 Å². The maximum absolute atomic E-state index is 11.9. The van der Waals surface area contributed by atoms with Crippen LogP contribution in [-0.2, 0) is 15.8 Å². The van der Waals surface area contributed by atoms with Crippen LogP contribution in [0.2, 0.25) is 0 Å². The topological polar surface area (TPSA) is 86.1 Å². The first-order valence-corrected chi connectivity index (χ1v) is 8.24. The number of nitrogens with one attached hydrogen (secondary N) is 1. The molecule has 1 aliphatic rings. The number of methoxy groups -OCH3 is 1. The highest BCUT2D eigenvalue weighted by Crippen LogP contribution is 2.26. The van der Waals surface area contributed by atoms with Crippen molar-refractivity contribution >= 4 is 32.8 Å². The zero-order valence-corrected chi connectivity index (χ0v) is 13.4. The maximum atomic E-state index is 11.9. The minimum atomic E-state index is -1.59. The van der Waals surface area contributed by atoms with E-state index < -0.39 is 11.0 Å². The normalized spacial score (nSPS) is 17.0. The second-order valence-electron chi connectivity index (χ2n) is 5.11. The summed E-state index contributed by atoms with van der Waals surface area (Å²) in [5.41, 5.74) is 2.46. The summed E-state index contributed by atoms with van der Waals surface area (Å²) in [7, 11) is -0.0151. The molecule has 0 spiro atoms. The van der Waals surface area contributed by atoms with Gasteiger partial charge in [-0.2, -0.15) is 5.10 Å². The molecule has 0 fully saturated rings. The smallest absolute Gasteiger partial charge is 0.258 e. The van der Waals surface area contributed by atoms with Crippen LogP contribution in [0, 0.1) is 0 Å². The van der Waals surface area contributed by atoms with Gasteiger partial charge in [0.1, 0.15) is 0 Å². The minimum Gasteiger partial charge on any atom is -0.481 e. The number of carbonyl (C=O) groups excluding carboxylic acids is 1. The van der Waals surface area contributed by atoms with Gasteiger partial charge in [0.05, 0.1) is 24.5 Å². The number of carbonyl (C=O) groups is 1. The van der Waals surface area contributed by atoms with Crippen LogP contribution in [0.25, 0.3) is 27.2 Å². The summed E-state index contributed by atoms with van der Waals surface area (Å²) >= 11 is 0. The molecule has 24 heavy (non-hydrogen) atoms. The number of nitrogens with zero attached hydrogens (tertiary/aromatic N) is 3. The molecule has 3 aromatic rings. The Balaban J connectivity index is 1.79. The number of hydrogen-bond acceptors (Lipinski definition) is 5. The second kappa shape index (κ2) is 5.57. The molecular formula is C16H12N4O3S. The number of rotatable bonds is 3. The van der Waals surface area contributed by atoms with Crippen LogP contribution in [0.15, 0.2) is 48.7 Å². The molecule has 7 nitrogen and oxygen atoms in total. The van der Waals surface area contributed by atoms with Crippen LogP contribution in [-0.4, -0.2) is 32.0 Å². The number of hydrogen-bond donors (Lipinski definition) is 1. The van der Waals surface area contributed by atoms with E-state index in [4.69, 9.17) is 4.74 Å². The second-order valence-corrected chi connectivity index (χ2v) is 6.27. The van der Waals surface area contributed by atoms with Crippen LogP contribution in [0.5, 0.6) is 5.88 Å². The third-order valence-electron chi connectivity index (χ3n) is 3.64. The zero-order chi connectivity index (χ0) is 16.7. The van der Waals surface area contributed by atoms with Gasteiger partial charge in [-0.25, -0.2) is 13.9 Å². The molecule has 8 heteroatoms. The van der Waals surface area contributed by atoms with Crippen molar-refractivity contribution in [3.05, 3.63) is 48.7 Å². The van der Waals surface area contributed by atoms with E-state index in [-0.39, 0.29) is 5.91 Å². The van der Waals surface area contributed by atoms with Gasteiger partial charge in [-0.05, 0) is 18.2 Å². The fourth-order valence-electron chi connectivity index (χ4n) is 2.54. The standard InChI is InChI=1S/C16H12N4O3S/c1-23-15-4-2-3-12(18-15)10-5-6-13-11(7-10)9-17-20(13)16-8-14(21)19-24(16)22/h2-9H,1H3,(H,19,21). The molecule has 1 unspecified atom stereocenters. The van der Waals surface area contributed by atoms with Crippen LogP contribution in [0.4, 0.5) is 0 Å². The summed E-state index contributed by atoms with van der Waals surface area (Å²) in [6, 6.07) is 11.2. The van der Waals surface area contributed by atoms with Crippen molar-refractivity contribution in [1.82, 2.24) is 19.5 Å². The Kier molecular flexibility index (Phi) is 3.39. The van der Waals surface area contributed by atoms with E-state index in [0.717, 1.165) is 22.2 Å². The van der Waals surface area contributed by atoms with Crippen LogP contribution in [0.3, 0.4) is 0 Å². The number of benzene rings is 1. The summed E-state index contributed by atoms with van der Waals surface area (Å²) in [6.45, 7) is 0. The van der Waals surface area contributed by atoms with Crippen molar-refractivity contribution in [3.8, 4) is 17.1 Å². The molecule has 0 saturated carbocycles. The summed E-state index contributed by atoms with van der Waals surface area (Å²) in [5.74, 6) is 0.156. The van der Waals surface area contributed by atoms with Crippen molar-refractivity contribution in [2.75, 3.05) is 7.11 Å². The first-order valence-electron chi connectivity index (χ1n) is 7.09. The van der Waals surface area contributed by atoms with Crippen molar-refractivity contribution in [2.45, 2.75) is 0 Å². The Bertz CT molecular complexity index is 1030. The van der Waals surface area contributed by atoms with E-state index in [1.807, 2.05) is 30.3 Å². The highest BCUT2D eigenvalue weighted by molar-refractivity contribution is 7.93. The predicted molar refractivity (Wildman–Crippen MR) is 90.1 cm³/mol. The Hall–Kier alpha value is -3.00. The summed E-state index contributed by atoms with van der Waals surface area (Å²) in [4.78, 5) is 15.8. The van der Waals surface area contributed by atoms with Crippen molar-refractivity contribution < 1.29 is 13.7 Å². The lowest BCUT2D eigenvalue weighted by Crippen LogP contribution is -2.17. The van der Waals surface area contributed by atoms with Gasteiger partial charge < -0.3 is 4.74 Å². The number of amides is 1. The number of fused-ring (bicyclic) bond motifs is 1. The average Bonchev–Trinajstić information content (AvgIpc) is 3.16. The molecule has 2 aromatic heterocycles. The Morgan fingerprint density at radius 3 is 2.88 bits per heavy atom. The zero-order valence-electron chi connectivity index (χ0n) is 12.6. The van der Waals surface area contributed by atoms with Crippen LogP contribution < -0.4 is 9.46 Å². The summed E-state index contributed by atoms with van der Waals surface area (Å²) in [6.07, 6.45) is 2.96. The third-order valence-corrected chi connectivity index (χ3v) is 4.70. The van der Waals surface area contributed by atoms with E-state index in [1.54, 1.807) is 19.4 Å². The first kappa shape index (κ1) is 14.6. The minimum absolute atomic E-state index is 0.322. The number of aromatic nitrogens is 3. The largest absolute Gasteiger partial charge is 0.481 e. The van der Waals surface area contributed by atoms with E-state index in [0.29, 0.717) is 10.9 Å². The third kappa shape index (κ3) is 2.37. The first-order chi connectivity index (χ1) is 11.7. The highest BCUT2D eigenvalue weighted by Gasteiger charge is 2.23. The Morgan fingerprint density at radius 1 is 1.25 bits per heavy atom. The lowest BCUT2D eigenvalue weighted by atomic mass is 10.1. The van der Waals surface area contributed by atoms with Crippen LogP contribution >= 0.6 is 0 Å². The van der Waals surface area contributed by atoms with Crippen molar-refractivity contribution in [1.29, 1.82) is 0 Å². The number of ether oxygens (including phenoxy) is 1. The molecule has 0 saturated heterocycles. The van der Waals surface area contributed by atoms with Gasteiger partial charge in [-0.1, -0.05) is 12.1 Å². The molecule has 1 amide bonds. The summed E-state index contributed by atoms with van der Waals surface area (Å²) in [5, 5.41) is 5.43. The fourth-order valence-corrected chi connectivity index (χ4v) is 3.40. The van der Waals surface area contributed by atoms with Gasteiger partial charge in [0, 0.05) is 23.1 Å². The Morgan fingerprint density at radius 2 is 2.12 bits per heavy atom. The fraction of sp³-hybridized carbons (Fsp3) is 0.0625. The molecule has 120 valence electrons. The van der Waals surface area contributed by atoms with Gasteiger partial charge >= 0.3 is 0 Å². The molecule has 1 aliphatic heterocycles. The van der Waals surface area contributed by atoms with Gasteiger partial charge in [0.2, 0.25) is 5.88 Å². The number of pyridine rings is 1. The molecule has 0 bridgehead atoms. The van der Waals surface area contributed by atoms with Gasteiger partial charge in [-0.3, -0.25) is 9.52 Å². The lowest BCUT2D eigenvalue weighted by molar-refractivity contribution is -0.114. The Labute approximate surface area is 139 Å². The van der Waals surface area contributed by atoms with Gasteiger partial charge in [0.25, 0.3) is 5.91 Å². The molecule has 0 radical (unpaired) electrons. The average molecular weight is 340 g/mol. The lowest BCUT2D eigenvalue weighted by Gasteiger charge is -2.05. The van der Waals surface area contributed by atoms with Crippen molar-refractivity contribution in [2.24, 2.45) is 0 Å². The molecular weight excluding hydrogens is 328 g/mol. The van der Waals surface area contributed by atoms with Gasteiger partial charge in [0.15, 0.2) is 16.0 Å². The molecule has 3 heterocycles. The van der Waals surface area contributed by atoms with E-state index >= 15 is 0 Å². The molecule has 4 rings (SSSR count). The molecule has 1 N–H and O–H groups in total. The predicted octanol–water partition coefficient (Wildman–Crippen LogP) is 1.70. The molecule has 0 aliphatic carbocycles. The monoisotopic (exact) mass is 340 g/mol. The highest BCUT2D eigenvalue weighted by atomic mass is 32.2. The molecule has 1 aromatic carbocycles. The van der Waals surface area contributed by atoms with Crippen LogP contribution in [0.1, 0.15) is 0 Å². The van der Waals surface area contributed by atoms with Crippen molar-refractivity contribution in [3.63, 3.8) is 0 Å².